The lowest BCUT2D eigenvalue weighted by Crippen LogP contribution is -2.46. The molecule has 1 saturated heterocycles. The summed E-state index contributed by atoms with van der Waals surface area (Å²) in [7, 11) is 0. The van der Waals surface area contributed by atoms with Crippen LogP contribution in [0, 0.1) is 12.7 Å². The van der Waals surface area contributed by atoms with Crippen molar-refractivity contribution in [3.05, 3.63) is 72.2 Å². The number of aromatic nitrogens is 6. The summed E-state index contributed by atoms with van der Waals surface area (Å²) in [6, 6.07) is 9.78. The average Bonchev–Trinajstić information content (AvgIpc) is 3.40. The lowest BCUT2D eigenvalue weighted by atomic mass is 10.0. The first kappa shape index (κ1) is 20.0. The van der Waals surface area contributed by atoms with Crippen LogP contribution in [0.3, 0.4) is 0 Å². The zero-order valence-electron chi connectivity index (χ0n) is 17.6. The molecule has 0 aliphatic carbocycles. The molecule has 10 heteroatoms. The maximum absolute atomic E-state index is 13.3. The molecule has 32 heavy (non-hydrogen) atoms. The van der Waals surface area contributed by atoms with Gasteiger partial charge in [0.15, 0.2) is 0 Å². The molecule has 162 valence electrons. The van der Waals surface area contributed by atoms with Crippen molar-refractivity contribution >= 4 is 5.84 Å². The van der Waals surface area contributed by atoms with Gasteiger partial charge in [-0.1, -0.05) is 5.21 Å². The zero-order chi connectivity index (χ0) is 22.3. The highest BCUT2D eigenvalue weighted by atomic mass is 19.1. The molecule has 0 saturated carbocycles. The van der Waals surface area contributed by atoms with Gasteiger partial charge in [-0.15, -0.1) is 5.10 Å². The van der Waals surface area contributed by atoms with Crippen LogP contribution in [0.15, 0.2) is 60.1 Å². The normalized spacial score (nSPS) is 15.5. The summed E-state index contributed by atoms with van der Waals surface area (Å²) in [4.78, 5) is 13.6. The van der Waals surface area contributed by atoms with Crippen LogP contribution < -0.4 is 5.73 Å². The Balaban J connectivity index is 1.42. The highest BCUT2D eigenvalue weighted by molar-refractivity contribution is 5.97. The SMILES string of the molecule is Cc1nnn(-c2ccc(F)cc2)c1-c1cn(-c2ccc(C(N)=NC3(C)COC3)cn2)cn1. The van der Waals surface area contributed by atoms with Gasteiger partial charge in [-0.05, 0) is 50.2 Å². The van der Waals surface area contributed by atoms with Crippen LogP contribution >= 0.6 is 0 Å². The molecule has 0 radical (unpaired) electrons. The summed E-state index contributed by atoms with van der Waals surface area (Å²) in [6.07, 6.45) is 5.20. The number of nitrogens with two attached hydrogens (primary N) is 1. The van der Waals surface area contributed by atoms with E-state index in [1.54, 1.807) is 33.9 Å². The fourth-order valence-corrected chi connectivity index (χ4v) is 3.49. The van der Waals surface area contributed by atoms with Crippen LogP contribution in [0.25, 0.3) is 22.9 Å². The van der Waals surface area contributed by atoms with Crippen molar-refractivity contribution in [2.75, 3.05) is 13.2 Å². The molecular weight excluding hydrogens is 411 g/mol. The van der Waals surface area contributed by atoms with E-state index in [1.807, 2.05) is 32.2 Å². The summed E-state index contributed by atoms with van der Waals surface area (Å²) in [5.41, 5.74) is 9.42. The first-order chi connectivity index (χ1) is 15.4. The molecule has 9 nitrogen and oxygen atoms in total. The van der Waals surface area contributed by atoms with Crippen molar-refractivity contribution in [2.24, 2.45) is 10.7 Å². The number of hydrogen-bond donors (Lipinski definition) is 1. The molecule has 2 N–H and O–H groups in total. The van der Waals surface area contributed by atoms with Gasteiger partial charge in [0.05, 0.1) is 24.6 Å². The third-order valence-corrected chi connectivity index (χ3v) is 5.26. The molecule has 5 rings (SSSR count). The van der Waals surface area contributed by atoms with Crippen LogP contribution in [0.4, 0.5) is 4.39 Å². The molecule has 1 aromatic carbocycles. The van der Waals surface area contributed by atoms with E-state index in [0.29, 0.717) is 41.9 Å². The van der Waals surface area contributed by atoms with Gasteiger partial charge < -0.3 is 10.5 Å². The van der Waals surface area contributed by atoms with Gasteiger partial charge in [0.2, 0.25) is 0 Å². The Hall–Kier alpha value is -3.92. The predicted molar refractivity (Wildman–Crippen MR) is 116 cm³/mol. The van der Waals surface area contributed by atoms with E-state index in [4.69, 9.17) is 10.5 Å². The number of aliphatic imine (C=N–C) groups is 1. The zero-order valence-corrected chi connectivity index (χ0v) is 17.6. The van der Waals surface area contributed by atoms with Crippen molar-refractivity contribution in [1.82, 2.24) is 29.5 Å². The number of pyridine rings is 1. The first-order valence-corrected chi connectivity index (χ1v) is 10.0. The predicted octanol–water partition coefficient (Wildman–Crippen LogP) is 2.46. The Bertz CT molecular complexity index is 1290. The molecule has 4 heterocycles. The number of hydrogen-bond acceptors (Lipinski definition) is 6. The highest BCUT2D eigenvalue weighted by Crippen LogP contribution is 2.25. The van der Waals surface area contributed by atoms with E-state index < -0.39 is 0 Å². The number of aryl methyl sites for hydroxylation is 1. The molecule has 1 aliphatic rings. The van der Waals surface area contributed by atoms with Gasteiger partial charge in [0.25, 0.3) is 0 Å². The molecule has 0 unspecified atom stereocenters. The minimum Gasteiger partial charge on any atom is -0.383 e. The Labute approximate surface area is 183 Å². The minimum absolute atomic E-state index is 0.263. The summed E-state index contributed by atoms with van der Waals surface area (Å²) in [5, 5.41) is 8.35. The van der Waals surface area contributed by atoms with Crippen molar-refractivity contribution in [3.63, 3.8) is 0 Å². The Morgan fingerprint density at radius 2 is 1.94 bits per heavy atom. The largest absolute Gasteiger partial charge is 0.383 e. The van der Waals surface area contributed by atoms with Gasteiger partial charge in [-0.25, -0.2) is 19.0 Å². The lowest BCUT2D eigenvalue weighted by Gasteiger charge is -2.34. The van der Waals surface area contributed by atoms with Gasteiger partial charge in [0.1, 0.15) is 40.7 Å². The number of rotatable bonds is 5. The van der Waals surface area contributed by atoms with Crippen molar-refractivity contribution in [1.29, 1.82) is 0 Å². The maximum atomic E-state index is 13.3. The van der Waals surface area contributed by atoms with E-state index in [2.05, 4.69) is 25.3 Å². The van der Waals surface area contributed by atoms with Crippen LogP contribution in [0.2, 0.25) is 0 Å². The van der Waals surface area contributed by atoms with Crippen molar-refractivity contribution < 1.29 is 9.13 Å². The molecule has 1 fully saturated rings. The molecule has 3 aromatic heterocycles. The third-order valence-electron chi connectivity index (χ3n) is 5.26. The molecule has 1 aliphatic heterocycles. The van der Waals surface area contributed by atoms with E-state index in [0.717, 1.165) is 11.3 Å². The molecule has 0 bridgehead atoms. The highest BCUT2D eigenvalue weighted by Gasteiger charge is 2.33. The maximum Gasteiger partial charge on any atom is 0.137 e. The Kier molecular flexibility index (Phi) is 4.78. The Morgan fingerprint density at radius 3 is 2.59 bits per heavy atom. The molecular formula is C22H21FN8O. The van der Waals surface area contributed by atoms with Crippen LogP contribution in [0.5, 0.6) is 0 Å². The average molecular weight is 432 g/mol. The van der Waals surface area contributed by atoms with Crippen LogP contribution in [-0.2, 0) is 4.74 Å². The second-order valence-electron chi connectivity index (χ2n) is 7.97. The number of ether oxygens (including phenoxy) is 1. The van der Waals surface area contributed by atoms with E-state index in [-0.39, 0.29) is 11.4 Å². The molecule has 0 amide bonds. The summed E-state index contributed by atoms with van der Waals surface area (Å²) < 4.78 is 22.0. The lowest BCUT2D eigenvalue weighted by molar-refractivity contribution is -0.0418. The van der Waals surface area contributed by atoms with Gasteiger partial charge in [-0.2, -0.15) is 0 Å². The smallest absolute Gasteiger partial charge is 0.137 e. The molecule has 0 spiro atoms. The molecule has 4 aromatic rings. The fraction of sp³-hybridized carbons (Fsp3) is 0.227. The van der Waals surface area contributed by atoms with Gasteiger partial charge in [-0.3, -0.25) is 9.56 Å². The minimum atomic E-state index is -0.313. The van der Waals surface area contributed by atoms with E-state index in [1.165, 1.54) is 12.1 Å². The Morgan fingerprint density at radius 1 is 1.16 bits per heavy atom. The third kappa shape index (κ3) is 3.65. The number of benzene rings is 1. The quantitative estimate of drug-likeness (QED) is 0.383. The second-order valence-corrected chi connectivity index (χ2v) is 7.97. The number of imidazole rings is 1. The summed E-state index contributed by atoms with van der Waals surface area (Å²) >= 11 is 0. The van der Waals surface area contributed by atoms with Gasteiger partial charge >= 0.3 is 0 Å². The topological polar surface area (TPSA) is 109 Å². The first-order valence-electron chi connectivity index (χ1n) is 10.0. The number of nitrogens with zero attached hydrogens (tertiary/aromatic N) is 7. The van der Waals surface area contributed by atoms with Crippen molar-refractivity contribution in [3.8, 4) is 22.9 Å². The number of halogens is 1. The standard InChI is InChI=1S/C22H21FN8O/c1-14-20(31(29-28-14)17-6-4-16(23)5-7-17)18-10-30(13-26-18)19-8-3-15(9-25-19)21(24)27-22(2)11-32-12-22/h3-10,13H,11-12H2,1-2H3,(H2,24,27). The summed E-state index contributed by atoms with van der Waals surface area (Å²) in [5.74, 6) is 0.801. The van der Waals surface area contributed by atoms with Gasteiger partial charge in [0, 0.05) is 18.0 Å². The van der Waals surface area contributed by atoms with Crippen molar-refractivity contribution in [2.45, 2.75) is 19.4 Å². The van der Waals surface area contributed by atoms with Crippen LogP contribution in [-0.4, -0.2) is 54.1 Å². The monoisotopic (exact) mass is 432 g/mol. The fourth-order valence-electron chi connectivity index (χ4n) is 3.49. The summed E-state index contributed by atoms with van der Waals surface area (Å²) in [6.45, 7) is 5.00. The molecule has 0 atom stereocenters. The van der Waals surface area contributed by atoms with E-state index in [9.17, 15) is 4.39 Å². The number of amidine groups is 1. The van der Waals surface area contributed by atoms with E-state index >= 15 is 0 Å². The van der Waals surface area contributed by atoms with Crippen LogP contribution in [0.1, 0.15) is 18.2 Å². The second kappa shape index (κ2) is 7.65.